The van der Waals surface area contributed by atoms with Gasteiger partial charge >= 0.3 is 0 Å². The maximum atomic E-state index is 5.89. The van der Waals surface area contributed by atoms with Crippen LogP contribution in [0, 0.1) is 5.92 Å². The minimum atomic E-state index is -0.249. The molecule has 148 valence electrons. The third kappa shape index (κ3) is 3.65. The highest BCUT2D eigenvalue weighted by Gasteiger charge is 2.30. The smallest absolute Gasteiger partial charge is 0.179 e. The second-order valence-corrected chi connectivity index (χ2v) is 7.57. The first-order valence-corrected chi connectivity index (χ1v) is 9.43. The maximum absolute atomic E-state index is 5.89. The lowest BCUT2D eigenvalue weighted by molar-refractivity contribution is 0.0596. The monoisotopic (exact) mass is 382 g/mol. The molecule has 3 aromatic rings. The minimum absolute atomic E-state index is 0.249. The predicted molar refractivity (Wildman–Crippen MR) is 106 cm³/mol. The van der Waals surface area contributed by atoms with E-state index in [-0.39, 0.29) is 5.54 Å². The van der Waals surface area contributed by atoms with E-state index in [1.807, 2.05) is 30.6 Å². The van der Waals surface area contributed by atoms with E-state index in [0.29, 0.717) is 25.0 Å². The Balaban J connectivity index is 1.24. The topological polar surface area (TPSA) is 76.8 Å². The molecule has 0 aromatic carbocycles. The van der Waals surface area contributed by atoms with Crippen molar-refractivity contribution >= 4 is 11.5 Å². The summed E-state index contributed by atoms with van der Waals surface area (Å²) in [6.07, 6.45) is 7.19. The van der Waals surface area contributed by atoms with Gasteiger partial charge in [-0.2, -0.15) is 0 Å². The number of hydrogen-bond acceptors (Lipinski definition) is 7. The van der Waals surface area contributed by atoms with Crippen LogP contribution in [0.3, 0.4) is 0 Å². The summed E-state index contributed by atoms with van der Waals surface area (Å²) in [6.45, 7) is 7.28. The standard InChI is InChI=1S/C20H26N6O2/c1-20(2,17-9-22-18-6-4-5-7-26(17)18)24-14-28-12-15-10-25(11-15)19-16(27-3)8-21-13-23-19/h4-9,13,15,24H,10-12,14H2,1-3H3. The van der Waals surface area contributed by atoms with Crippen molar-refractivity contribution in [2.24, 2.45) is 5.92 Å². The van der Waals surface area contributed by atoms with E-state index in [4.69, 9.17) is 9.47 Å². The SMILES string of the molecule is COc1cncnc1N1CC(COCNC(C)(C)c2cnc3ccccn23)C1. The van der Waals surface area contributed by atoms with Crippen LogP contribution in [0.1, 0.15) is 19.5 Å². The number of nitrogens with zero attached hydrogens (tertiary/aromatic N) is 5. The molecular weight excluding hydrogens is 356 g/mol. The van der Waals surface area contributed by atoms with Crippen molar-refractivity contribution in [2.75, 3.05) is 38.4 Å². The number of methoxy groups -OCH3 is 1. The molecule has 1 saturated heterocycles. The normalized spacial score (nSPS) is 15.0. The molecule has 0 unspecified atom stereocenters. The zero-order valence-electron chi connectivity index (χ0n) is 16.5. The van der Waals surface area contributed by atoms with Crippen LogP contribution < -0.4 is 15.0 Å². The molecule has 1 fully saturated rings. The summed E-state index contributed by atoms with van der Waals surface area (Å²) in [7, 11) is 1.64. The first kappa shape index (κ1) is 18.6. The van der Waals surface area contributed by atoms with Gasteiger partial charge in [0.25, 0.3) is 0 Å². The van der Waals surface area contributed by atoms with Crippen LogP contribution in [-0.4, -0.2) is 52.9 Å². The molecule has 1 aliphatic heterocycles. The highest BCUT2D eigenvalue weighted by molar-refractivity contribution is 5.52. The Kier molecular flexibility index (Phi) is 5.15. The van der Waals surface area contributed by atoms with Crippen molar-refractivity contribution in [3.8, 4) is 5.75 Å². The number of aromatic nitrogens is 4. The molecule has 3 aromatic heterocycles. The molecule has 4 rings (SSSR count). The molecule has 0 spiro atoms. The molecule has 8 nitrogen and oxygen atoms in total. The first-order chi connectivity index (χ1) is 13.6. The van der Waals surface area contributed by atoms with Crippen LogP contribution in [0.25, 0.3) is 5.65 Å². The lowest BCUT2D eigenvalue weighted by Crippen LogP contribution is -2.50. The van der Waals surface area contributed by atoms with E-state index in [2.05, 4.69) is 43.4 Å². The van der Waals surface area contributed by atoms with Gasteiger partial charge in [-0.05, 0) is 26.0 Å². The van der Waals surface area contributed by atoms with Crippen LogP contribution in [0.5, 0.6) is 5.75 Å². The Morgan fingerprint density at radius 3 is 2.89 bits per heavy atom. The predicted octanol–water partition coefficient (Wildman–Crippen LogP) is 2.07. The maximum Gasteiger partial charge on any atom is 0.179 e. The molecule has 1 aliphatic rings. The second-order valence-electron chi connectivity index (χ2n) is 7.57. The number of anilines is 1. The fourth-order valence-electron chi connectivity index (χ4n) is 3.48. The summed E-state index contributed by atoms with van der Waals surface area (Å²) in [5.74, 6) is 2.04. The minimum Gasteiger partial charge on any atom is -0.491 e. The summed E-state index contributed by atoms with van der Waals surface area (Å²) in [5, 5.41) is 3.48. The van der Waals surface area contributed by atoms with E-state index in [0.717, 1.165) is 30.2 Å². The van der Waals surface area contributed by atoms with Crippen LogP contribution in [-0.2, 0) is 10.3 Å². The molecule has 0 aliphatic carbocycles. The highest BCUT2D eigenvalue weighted by Crippen LogP contribution is 2.30. The molecule has 0 saturated carbocycles. The van der Waals surface area contributed by atoms with Gasteiger partial charge in [-0.25, -0.2) is 15.0 Å². The molecule has 0 bridgehead atoms. The molecule has 8 heteroatoms. The Morgan fingerprint density at radius 1 is 1.21 bits per heavy atom. The van der Waals surface area contributed by atoms with Gasteiger partial charge in [0.1, 0.15) is 12.0 Å². The quantitative estimate of drug-likeness (QED) is 0.472. The van der Waals surface area contributed by atoms with Crippen molar-refractivity contribution in [2.45, 2.75) is 19.4 Å². The Morgan fingerprint density at radius 2 is 2.07 bits per heavy atom. The van der Waals surface area contributed by atoms with Gasteiger partial charge in [-0.1, -0.05) is 6.07 Å². The van der Waals surface area contributed by atoms with Gasteiger partial charge < -0.3 is 18.8 Å². The van der Waals surface area contributed by atoms with Gasteiger partial charge in [0.05, 0.1) is 44.1 Å². The van der Waals surface area contributed by atoms with Gasteiger partial charge in [0, 0.05) is 25.2 Å². The Hall–Kier alpha value is -2.71. The fourth-order valence-corrected chi connectivity index (χ4v) is 3.48. The van der Waals surface area contributed by atoms with Crippen molar-refractivity contribution in [3.05, 3.63) is 48.8 Å². The van der Waals surface area contributed by atoms with E-state index in [1.165, 1.54) is 0 Å². The van der Waals surface area contributed by atoms with Gasteiger partial charge in [-0.15, -0.1) is 0 Å². The van der Waals surface area contributed by atoms with Crippen molar-refractivity contribution in [1.29, 1.82) is 0 Å². The number of rotatable bonds is 8. The Bertz CT molecular complexity index is 935. The number of imidazole rings is 1. The zero-order chi connectivity index (χ0) is 19.6. The molecule has 0 radical (unpaired) electrons. The summed E-state index contributed by atoms with van der Waals surface area (Å²) < 4.78 is 13.3. The Labute approximate surface area is 164 Å². The van der Waals surface area contributed by atoms with Crippen LogP contribution in [0.4, 0.5) is 5.82 Å². The van der Waals surface area contributed by atoms with E-state index < -0.39 is 0 Å². The van der Waals surface area contributed by atoms with Crippen LogP contribution >= 0.6 is 0 Å². The van der Waals surface area contributed by atoms with Gasteiger partial charge in [0.2, 0.25) is 0 Å². The van der Waals surface area contributed by atoms with Gasteiger partial charge in [-0.3, -0.25) is 5.32 Å². The third-order valence-electron chi connectivity index (χ3n) is 5.16. The van der Waals surface area contributed by atoms with Gasteiger partial charge in [0.15, 0.2) is 11.6 Å². The lowest BCUT2D eigenvalue weighted by atomic mass is 10.0. The molecule has 28 heavy (non-hydrogen) atoms. The molecule has 4 heterocycles. The largest absolute Gasteiger partial charge is 0.491 e. The van der Waals surface area contributed by atoms with E-state index in [1.54, 1.807) is 19.6 Å². The van der Waals surface area contributed by atoms with E-state index >= 15 is 0 Å². The lowest BCUT2D eigenvalue weighted by Gasteiger charge is -2.40. The second kappa shape index (κ2) is 7.73. The number of nitrogens with one attached hydrogen (secondary N) is 1. The highest BCUT2D eigenvalue weighted by atomic mass is 16.5. The molecule has 0 amide bonds. The third-order valence-corrected chi connectivity index (χ3v) is 5.16. The first-order valence-electron chi connectivity index (χ1n) is 9.43. The van der Waals surface area contributed by atoms with Crippen molar-refractivity contribution < 1.29 is 9.47 Å². The number of ether oxygens (including phenoxy) is 2. The zero-order valence-corrected chi connectivity index (χ0v) is 16.5. The number of fused-ring (bicyclic) bond motifs is 1. The van der Waals surface area contributed by atoms with Crippen LogP contribution in [0.15, 0.2) is 43.1 Å². The summed E-state index contributed by atoms with van der Waals surface area (Å²) in [5.41, 5.74) is 1.81. The number of hydrogen-bond donors (Lipinski definition) is 1. The molecule has 0 atom stereocenters. The summed E-state index contributed by atoms with van der Waals surface area (Å²) in [6, 6.07) is 6.01. The molecular formula is C20H26N6O2. The van der Waals surface area contributed by atoms with E-state index in [9.17, 15) is 0 Å². The summed E-state index contributed by atoms with van der Waals surface area (Å²) in [4.78, 5) is 15.0. The molecule has 1 N–H and O–H groups in total. The van der Waals surface area contributed by atoms with Crippen LogP contribution in [0.2, 0.25) is 0 Å². The number of pyridine rings is 1. The van der Waals surface area contributed by atoms with Crippen molar-refractivity contribution in [3.63, 3.8) is 0 Å². The fraction of sp³-hybridized carbons (Fsp3) is 0.450. The summed E-state index contributed by atoms with van der Waals surface area (Å²) >= 11 is 0. The average Bonchev–Trinajstić information content (AvgIpc) is 3.11. The average molecular weight is 382 g/mol. The van der Waals surface area contributed by atoms with Crippen molar-refractivity contribution in [1.82, 2.24) is 24.7 Å².